The summed E-state index contributed by atoms with van der Waals surface area (Å²) >= 11 is 0. The molecule has 5 heteroatoms. The first kappa shape index (κ1) is 15.6. The molecule has 0 amide bonds. The second-order valence-corrected chi connectivity index (χ2v) is 6.06. The molecule has 5 nitrogen and oxygen atoms in total. The molecule has 2 heterocycles. The topological polar surface area (TPSA) is 50.3 Å². The van der Waals surface area contributed by atoms with Crippen molar-refractivity contribution in [1.82, 2.24) is 9.97 Å². The Balaban J connectivity index is 1.61. The lowest BCUT2D eigenvalue weighted by atomic mass is 10.0. The van der Waals surface area contributed by atoms with Gasteiger partial charge >= 0.3 is 0 Å². The van der Waals surface area contributed by atoms with Crippen molar-refractivity contribution in [2.75, 3.05) is 30.4 Å². The zero-order valence-corrected chi connectivity index (χ0v) is 14.0. The molecule has 0 saturated carbocycles. The van der Waals surface area contributed by atoms with Crippen molar-refractivity contribution in [2.45, 2.75) is 32.7 Å². The van der Waals surface area contributed by atoms with Crippen LogP contribution in [-0.2, 0) is 0 Å². The zero-order valence-electron chi connectivity index (χ0n) is 14.0. The van der Waals surface area contributed by atoms with Gasteiger partial charge in [-0.05, 0) is 38.8 Å². The summed E-state index contributed by atoms with van der Waals surface area (Å²) in [7, 11) is 1.70. The SMILES string of the molecule is COc1cccc(NC2CCN(c3nc(C)cnc3C)CC2)c1. The van der Waals surface area contributed by atoms with Crippen LogP contribution in [0.1, 0.15) is 24.2 Å². The number of rotatable bonds is 4. The molecule has 1 aromatic carbocycles. The fourth-order valence-corrected chi connectivity index (χ4v) is 3.01. The summed E-state index contributed by atoms with van der Waals surface area (Å²) < 4.78 is 5.28. The third kappa shape index (κ3) is 3.73. The van der Waals surface area contributed by atoms with Crippen LogP contribution < -0.4 is 15.0 Å². The molecule has 1 aliphatic heterocycles. The standard InChI is InChI=1S/C18H24N4O/c1-13-12-19-14(2)18(20-13)22-9-7-15(8-10-22)21-16-5-4-6-17(11-16)23-3/h4-6,11-12,15,21H,7-10H2,1-3H3. The Hall–Kier alpha value is -2.30. The van der Waals surface area contributed by atoms with E-state index in [1.165, 1.54) is 0 Å². The van der Waals surface area contributed by atoms with E-state index in [2.05, 4.69) is 26.3 Å². The number of hydrogen-bond acceptors (Lipinski definition) is 5. The molecule has 0 unspecified atom stereocenters. The Bertz CT molecular complexity index is 666. The first-order valence-corrected chi connectivity index (χ1v) is 8.11. The molecule has 0 spiro atoms. The van der Waals surface area contributed by atoms with Crippen LogP contribution in [0.3, 0.4) is 0 Å². The Morgan fingerprint density at radius 3 is 2.74 bits per heavy atom. The largest absolute Gasteiger partial charge is 0.497 e. The number of benzene rings is 1. The maximum atomic E-state index is 5.28. The van der Waals surface area contributed by atoms with Crippen molar-refractivity contribution >= 4 is 11.5 Å². The van der Waals surface area contributed by atoms with E-state index in [1.54, 1.807) is 7.11 Å². The van der Waals surface area contributed by atoms with E-state index in [0.29, 0.717) is 6.04 Å². The predicted octanol–water partition coefficient (Wildman–Crippen LogP) is 3.18. The van der Waals surface area contributed by atoms with Crippen LogP contribution in [0.5, 0.6) is 5.75 Å². The number of nitrogens with one attached hydrogen (secondary N) is 1. The summed E-state index contributed by atoms with van der Waals surface area (Å²) in [4.78, 5) is 11.4. The lowest BCUT2D eigenvalue weighted by molar-refractivity contribution is 0.415. The quantitative estimate of drug-likeness (QED) is 0.939. The van der Waals surface area contributed by atoms with Gasteiger partial charge in [0.25, 0.3) is 0 Å². The fraction of sp³-hybridized carbons (Fsp3) is 0.444. The number of aryl methyl sites for hydroxylation is 2. The number of nitrogens with zero attached hydrogens (tertiary/aromatic N) is 3. The van der Waals surface area contributed by atoms with E-state index in [1.807, 2.05) is 38.2 Å². The van der Waals surface area contributed by atoms with E-state index in [4.69, 9.17) is 4.74 Å². The highest BCUT2D eigenvalue weighted by atomic mass is 16.5. The van der Waals surface area contributed by atoms with Crippen molar-refractivity contribution in [3.8, 4) is 5.75 Å². The van der Waals surface area contributed by atoms with E-state index in [9.17, 15) is 0 Å². The van der Waals surface area contributed by atoms with Crippen molar-refractivity contribution in [2.24, 2.45) is 0 Å². The average Bonchev–Trinajstić information content (AvgIpc) is 2.58. The van der Waals surface area contributed by atoms with Gasteiger partial charge in [0.15, 0.2) is 0 Å². The smallest absolute Gasteiger partial charge is 0.150 e. The molecule has 1 aliphatic rings. The minimum absolute atomic E-state index is 0.483. The molecular weight excluding hydrogens is 288 g/mol. The van der Waals surface area contributed by atoms with E-state index in [0.717, 1.165) is 54.6 Å². The molecule has 3 rings (SSSR count). The van der Waals surface area contributed by atoms with Crippen LogP contribution in [-0.4, -0.2) is 36.2 Å². The Kier molecular flexibility index (Phi) is 4.65. The molecule has 1 fully saturated rings. The highest BCUT2D eigenvalue weighted by Gasteiger charge is 2.21. The third-order valence-electron chi connectivity index (χ3n) is 4.29. The summed E-state index contributed by atoms with van der Waals surface area (Å²) in [5, 5.41) is 3.61. The second kappa shape index (κ2) is 6.86. The van der Waals surface area contributed by atoms with Crippen molar-refractivity contribution in [3.63, 3.8) is 0 Å². The summed E-state index contributed by atoms with van der Waals surface area (Å²) in [6, 6.07) is 8.60. The summed E-state index contributed by atoms with van der Waals surface area (Å²) in [6.45, 7) is 6.02. The van der Waals surface area contributed by atoms with Crippen molar-refractivity contribution in [3.05, 3.63) is 41.9 Å². The number of hydrogen-bond donors (Lipinski definition) is 1. The molecule has 1 N–H and O–H groups in total. The van der Waals surface area contributed by atoms with E-state index in [-0.39, 0.29) is 0 Å². The number of piperidine rings is 1. The van der Waals surface area contributed by atoms with Gasteiger partial charge in [-0.2, -0.15) is 0 Å². The molecule has 1 saturated heterocycles. The first-order chi connectivity index (χ1) is 11.2. The number of ether oxygens (including phenoxy) is 1. The van der Waals surface area contributed by atoms with Gasteiger partial charge in [0.05, 0.1) is 18.5 Å². The summed E-state index contributed by atoms with van der Waals surface area (Å²) in [5.41, 5.74) is 3.10. The van der Waals surface area contributed by atoms with Gasteiger partial charge in [-0.1, -0.05) is 6.07 Å². The molecular formula is C18H24N4O. The fourth-order valence-electron chi connectivity index (χ4n) is 3.01. The molecule has 0 atom stereocenters. The highest BCUT2D eigenvalue weighted by molar-refractivity contribution is 5.49. The van der Waals surface area contributed by atoms with Gasteiger partial charge in [-0.3, -0.25) is 4.98 Å². The number of anilines is 2. The van der Waals surface area contributed by atoms with Crippen LogP contribution >= 0.6 is 0 Å². The van der Waals surface area contributed by atoms with Crippen LogP contribution in [0, 0.1) is 13.8 Å². The van der Waals surface area contributed by atoms with Crippen molar-refractivity contribution < 1.29 is 4.74 Å². The van der Waals surface area contributed by atoms with E-state index >= 15 is 0 Å². The molecule has 2 aromatic rings. The van der Waals surface area contributed by atoms with Gasteiger partial charge in [0, 0.05) is 37.1 Å². The molecule has 0 aliphatic carbocycles. The van der Waals surface area contributed by atoms with Gasteiger partial charge in [0.1, 0.15) is 11.6 Å². The second-order valence-electron chi connectivity index (χ2n) is 6.06. The lowest BCUT2D eigenvalue weighted by Gasteiger charge is -2.34. The van der Waals surface area contributed by atoms with Crippen LogP contribution in [0.15, 0.2) is 30.5 Å². The highest BCUT2D eigenvalue weighted by Crippen LogP contribution is 2.24. The van der Waals surface area contributed by atoms with Gasteiger partial charge < -0.3 is 15.0 Å². The van der Waals surface area contributed by atoms with Crippen LogP contribution in [0.25, 0.3) is 0 Å². The van der Waals surface area contributed by atoms with Crippen molar-refractivity contribution in [1.29, 1.82) is 0 Å². The summed E-state index contributed by atoms with van der Waals surface area (Å²) in [5.74, 6) is 1.92. The maximum absolute atomic E-state index is 5.28. The van der Waals surface area contributed by atoms with Crippen LogP contribution in [0.2, 0.25) is 0 Å². The van der Waals surface area contributed by atoms with Gasteiger partial charge in [-0.15, -0.1) is 0 Å². The molecule has 1 aromatic heterocycles. The molecule has 0 bridgehead atoms. The van der Waals surface area contributed by atoms with Crippen LogP contribution in [0.4, 0.5) is 11.5 Å². The minimum Gasteiger partial charge on any atom is -0.497 e. The van der Waals surface area contributed by atoms with Gasteiger partial charge in [-0.25, -0.2) is 4.98 Å². The first-order valence-electron chi connectivity index (χ1n) is 8.11. The average molecular weight is 312 g/mol. The lowest BCUT2D eigenvalue weighted by Crippen LogP contribution is -2.40. The normalized spacial score (nSPS) is 15.5. The molecule has 23 heavy (non-hydrogen) atoms. The Morgan fingerprint density at radius 2 is 2.00 bits per heavy atom. The van der Waals surface area contributed by atoms with E-state index < -0.39 is 0 Å². The third-order valence-corrected chi connectivity index (χ3v) is 4.29. The Morgan fingerprint density at radius 1 is 1.22 bits per heavy atom. The minimum atomic E-state index is 0.483. The number of methoxy groups -OCH3 is 1. The predicted molar refractivity (Wildman–Crippen MR) is 93.4 cm³/mol. The maximum Gasteiger partial charge on any atom is 0.150 e. The summed E-state index contributed by atoms with van der Waals surface area (Å²) in [6.07, 6.45) is 4.01. The monoisotopic (exact) mass is 312 g/mol. The zero-order chi connectivity index (χ0) is 16.2. The number of aromatic nitrogens is 2. The molecule has 122 valence electrons. The Labute approximate surface area is 137 Å². The van der Waals surface area contributed by atoms with Gasteiger partial charge in [0.2, 0.25) is 0 Å². The molecule has 0 radical (unpaired) electrons.